The number of carbonyl (C=O) groups is 2. The number of hydrogen-bond acceptors (Lipinski definition) is 5. The highest BCUT2D eigenvalue weighted by molar-refractivity contribution is 8.00. The minimum Gasteiger partial charge on any atom is -0.342 e. The number of aromatic nitrogens is 1. The molecule has 5 nitrogen and oxygen atoms in total. The molecule has 0 atom stereocenters. The van der Waals surface area contributed by atoms with Gasteiger partial charge in [0.25, 0.3) is 0 Å². The molecule has 8 heteroatoms. The molecule has 0 radical (unpaired) electrons. The largest absolute Gasteiger partial charge is 0.342 e. The highest BCUT2D eigenvalue weighted by Gasteiger charge is 2.18. The van der Waals surface area contributed by atoms with Crippen molar-refractivity contribution in [2.24, 2.45) is 0 Å². The first-order chi connectivity index (χ1) is 12.1. The number of anilines is 1. The number of nitrogens with zero attached hydrogens (tertiary/aromatic N) is 2. The van der Waals surface area contributed by atoms with E-state index >= 15 is 0 Å². The molecule has 0 bridgehead atoms. The molecule has 2 aromatic rings. The van der Waals surface area contributed by atoms with Gasteiger partial charge in [0, 0.05) is 29.1 Å². The minimum absolute atomic E-state index is 0.120. The molecule has 0 aliphatic carbocycles. The van der Waals surface area contributed by atoms with Gasteiger partial charge in [-0.3, -0.25) is 9.59 Å². The smallest absolute Gasteiger partial charge is 0.236 e. The SMILES string of the molecule is O=C(CSCC(=O)N1CCCC1)Nc1nc(-c2ccc(Cl)cc2)cs1. The van der Waals surface area contributed by atoms with Crippen molar-refractivity contribution in [2.75, 3.05) is 29.9 Å². The Morgan fingerprint density at radius 2 is 1.92 bits per heavy atom. The lowest BCUT2D eigenvalue weighted by atomic mass is 10.2. The van der Waals surface area contributed by atoms with Crippen molar-refractivity contribution in [1.29, 1.82) is 0 Å². The normalized spacial score (nSPS) is 13.9. The first-order valence-corrected chi connectivity index (χ1v) is 10.4. The molecule has 0 spiro atoms. The molecular weight excluding hydrogens is 378 g/mol. The van der Waals surface area contributed by atoms with Crippen LogP contribution in [0, 0.1) is 0 Å². The van der Waals surface area contributed by atoms with Crippen LogP contribution in [0.4, 0.5) is 5.13 Å². The van der Waals surface area contributed by atoms with Crippen LogP contribution in [0.1, 0.15) is 12.8 Å². The summed E-state index contributed by atoms with van der Waals surface area (Å²) in [4.78, 5) is 30.2. The Kier molecular flexibility index (Phi) is 6.34. The lowest BCUT2D eigenvalue weighted by Crippen LogP contribution is -2.29. The number of carbonyl (C=O) groups excluding carboxylic acids is 2. The highest BCUT2D eigenvalue weighted by Crippen LogP contribution is 2.26. The Labute approximate surface area is 159 Å². The van der Waals surface area contributed by atoms with Gasteiger partial charge >= 0.3 is 0 Å². The van der Waals surface area contributed by atoms with Gasteiger partial charge in [0.1, 0.15) is 0 Å². The van der Waals surface area contributed by atoms with Gasteiger partial charge in [-0.1, -0.05) is 23.7 Å². The second-order valence-electron chi connectivity index (χ2n) is 5.67. The zero-order valence-corrected chi connectivity index (χ0v) is 15.9. The van der Waals surface area contributed by atoms with Crippen LogP contribution in [-0.4, -0.2) is 46.3 Å². The van der Waals surface area contributed by atoms with Crippen LogP contribution in [-0.2, 0) is 9.59 Å². The van der Waals surface area contributed by atoms with E-state index < -0.39 is 0 Å². The van der Waals surface area contributed by atoms with Crippen molar-refractivity contribution in [3.05, 3.63) is 34.7 Å². The van der Waals surface area contributed by atoms with Gasteiger partial charge in [0.05, 0.1) is 17.2 Å². The number of thioether (sulfide) groups is 1. The van der Waals surface area contributed by atoms with Crippen molar-refractivity contribution in [1.82, 2.24) is 9.88 Å². The second kappa shape index (κ2) is 8.69. The molecule has 3 rings (SSSR count). The first-order valence-electron chi connectivity index (χ1n) is 7.98. The van der Waals surface area contributed by atoms with Crippen LogP contribution in [0.3, 0.4) is 0 Å². The topological polar surface area (TPSA) is 62.3 Å². The van der Waals surface area contributed by atoms with E-state index in [4.69, 9.17) is 11.6 Å². The van der Waals surface area contributed by atoms with E-state index in [1.807, 2.05) is 34.5 Å². The maximum atomic E-state index is 12.0. The third-order valence-corrected chi connectivity index (χ3v) is 5.74. The summed E-state index contributed by atoms with van der Waals surface area (Å²) in [6.07, 6.45) is 2.16. The average molecular weight is 396 g/mol. The molecule has 25 heavy (non-hydrogen) atoms. The zero-order valence-electron chi connectivity index (χ0n) is 13.5. The fourth-order valence-corrected chi connectivity index (χ4v) is 4.11. The molecule has 0 unspecified atom stereocenters. The summed E-state index contributed by atoms with van der Waals surface area (Å²) in [6, 6.07) is 7.40. The number of amides is 2. The van der Waals surface area contributed by atoms with Crippen molar-refractivity contribution in [2.45, 2.75) is 12.8 Å². The number of likely N-dealkylation sites (tertiary alicyclic amines) is 1. The quantitative estimate of drug-likeness (QED) is 0.808. The van der Waals surface area contributed by atoms with E-state index in [9.17, 15) is 9.59 Å². The predicted octanol–water partition coefficient (Wildman–Crippen LogP) is 3.76. The summed E-state index contributed by atoms with van der Waals surface area (Å²) in [5.74, 6) is 0.572. The molecule has 132 valence electrons. The molecule has 1 aliphatic rings. The van der Waals surface area contributed by atoms with E-state index in [2.05, 4.69) is 10.3 Å². The fraction of sp³-hybridized carbons (Fsp3) is 0.353. The summed E-state index contributed by atoms with van der Waals surface area (Å²) in [7, 11) is 0. The average Bonchev–Trinajstić information content (AvgIpc) is 3.27. The molecule has 1 aromatic heterocycles. The standard InChI is InChI=1S/C17H18ClN3O2S2/c18-13-5-3-12(4-6-13)14-9-25-17(19-14)20-15(22)10-24-11-16(23)21-7-1-2-8-21/h3-6,9H,1-2,7-8,10-11H2,(H,19,20,22). The van der Waals surface area contributed by atoms with E-state index in [1.54, 1.807) is 0 Å². The van der Waals surface area contributed by atoms with Gasteiger partial charge in [-0.05, 0) is 25.0 Å². The monoisotopic (exact) mass is 395 g/mol. The lowest BCUT2D eigenvalue weighted by Gasteiger charge is -2.14. The molecule has 1 N–H and O–H groups in total. The van der Waals surface area contributed by atoms with Crippen molar-refractivity contribution in [3.63, 3.8) is 0 Å². The van der Waals surface area contributed by atoms with Crippen LogP contribution in [0.25, 0.3) is 11.3 Å². The first kappa shape index (κ1) is 18.2. The van der Waals surface area contributed by atoms with Gasteiger partial charge in [0.15, 0.2) is 5.13 Å². The van der Waals surface area contributed by atoms with Crippen molar-refractivity contribution in [3.8, 4) is 11.3 Å². The van der Waals surface area contributed by atoms with Gasteiger partial charge in [0.2, 0.25) is 11.8 Å². The zero-order chi connectivity index (χ0) is 17.6. The summed E-state index contributed by atoms with van der Waals surface area (Å²) in [6.45, 7) is 1.69. The van der Waals surface area contributed by atoms with E-state index in [0.29, 0.717) is 15.9 Å². The summed E-state index contributed by atoms with van der Waals surface area (Å²) in [5.41, 5.74) is 1.75. The molecule has 1 saturated heterocycles. The van der Waals surface area contributed by atoms with Gasteiger partial charge in [-0.2, -0.15) is 0 Å². The maximum Gasteiger partial charge on any atom is 0.236 e. The Morgan fingerprint density at radius 3 is 2.64 bits per heavy atom. The minimum atomic E-state index is -0.142. The molecule has 2 amide bonds. The molecular formula is C17H18ClN3O2S2. The summed E-state index contributed by atoms with van der Waals surface area (Å²) < 4.78 is 0. The van der Waals surface area contributed by atoms with E-state index in [-0.39, 0.29) is 17.6 Å². The third kappa shape index (κ3) is 5.20. The molecule has 1 aromatic carbocycles. The van der Waals surface area contributed by atoms with Crippen LogP contribution in [0.2, 0.25) is 5.02 Å². The van der Waals surface area contributed by atoms with Crippen LogP contribution in [0.5, 0.6) is 0 Å². The lowest BCUT2D eigenvalue weighted by molar-refractivity contribution is -0.127. The van der Waals surface area contributed by atoms with Gasteiger partial charge in [-0.25, -0.2) is 4.98 Å². The predicted molar refractivity (Wildman–Crippen MR) is 104 cm³/mol. The number of nitrogens with one attached hydrogen (secondary N) is 1. The molecule has 2 heterocycles. The van der Waals surface area contributed by atoms with Crippen LogP contribution in [0.15, 0.2) is 29.6 Å². The second-order valence-corrected chi connectivity index (χ2v) is 7.95. The third-order valence-electron chi connectivity index (χ3n) is 3.81. The van der Waals surface area contributed by atoms with Gasteiger partial charge in [-0.15, -0.1) is 23.1 Å². The Hall–Kier alpha value is -1.57. The van der Waals surface area contributed by atoms with E-state index in [0.717, 1.165) is 37.2 Å². The molecule has 1 fully saturated rings. The number of thiazole rings is 1. The van der Waals surface area contributed by atoms with Crippen LogP contribution >= 0.6 is 34.7 Å². The Bertz CT molecular complexity index is 743. The van der Waals surface area contributed by atoms with Gasteiger partial charge < -0.3 is 10.2 Å². The van der Waals surface area contributed by atoms with Crippen LogP contribution < -0.4 is 5.32 Å². The highest BCUT2D eigenvalue weighted by atomic mass is 35.5. The summed E-state index contributed by atoms with van der Waals surface area (Å²) in [5, 5.41) is 5.91. The number of rotatable bonds is 6. The number of hydrogen-bond donors (Lipinski definition) is 1. The number of halogens is 1. The van der Waals surface area contributed by atoms with Crippen molar-refractivity contribution < 1.29 is 9.59 Å². The summed E-state index contributed by atoms with van der Waals surface area (Å²) >= 11 is 8.60. The number of benzene rings is 1. The van der Waals surface area contributed by atoms with E-state index in [1.165, 1.54) is 23.1 Å². The molecule has 0 saturated carbocycles. The Balaban J connectivity index is 1.45. The van der Waals surface area contributed by atoms with Crippen molar-refractivity contribution >= 4 is 51.6 Å². The Morgan fingerprint density at radius 1 is 1.20 bits per heavy atom. The molecule has 1 aliphatic heterocycles. The maximum absolute atomic E-state index is 12.0. The fourth-order valence-electron chi connectivity index (χ4n) is 2.53.